The average molecular weight is 206 g/mol. The van der Waals surface area contributed by atoms with Crippen molar-refractivity contribution in [3.05, 3.63) is 30.1 Å². The molecule has 1 saturated heterocycles. The fraction of sp³-hybridized carbons (Fsp3) is 0.455. The topological polar surface area (TPSA) is 51.2 Å². The molecule has 0 saturated carbocycles. The molecule has 2 rings (SSSR count). The molecule has 0 aliphatic carbocycles. The van der Waals surface area contributed by atoms with Crippen LogP contribution in [0, 0.1) is 0 Å². The molecular formula is C11H14N2O2. The zero-order valence-corrected chi connectivity index (χ0v) is 8.48. The molecule has 0 unspecified atom stereocenters. The lowest BCUT2D eigenvalue weighted by atomic mass is 10.2. The molecule has 2 heterocycles. The molecule has 1 fully saturated rings. The highest BCUT2D eigenvalue weighted by molar-refractivity contribution is 5.88. The summed E-state index contributed by atoms with van der Waals surface area (Å²) in [7, 11) is 0. The van der Waals surface area contributed by atoms with E-state index < -0.39 is 0 Å². The Balaban J connectivity index is 1.82. The maximum atomic E-state index is 11.5. The SMILES string of the molecule is O=C(OC[C@@H]1CCCN1)c1cccnc1. The van der Waals surface area contributed by atoms with Gasteiger partial charge in [-0.2, -0.15) is 0 Å². The van der Waals surface area contributed by atoms with E-state index in [1.807, 2.05) is 0 Å². The first-order valence-electron chi connectivity index (χ1n) is 5.17. The number of ether oxygens (including phenoxy) is 1. The standard InChI is InChI=1S/C11H14N2O2/c14-11(9-3-1-5-12-7-9)15-8-10-4-2-6-13-10/h1,3,5,7,10,13H,2,4,6,8H2/t10-/m0/s1. The predicted octanol–water partition coefficient (Wildman–Crippen LogP) is 0.990. The van der Waals surface area contributed by atoms with E-state index in [9.17, 15) is 4.79 Å². The zero-order valence-electron chi connectivity index (χ0n) is 8.48. The van der Waals surface area contributed by atoms with Crippen LogP contribution in [0.2, 0.25) is 0 Å². The lowest BCUT2D eigenvalue weighted by Crippen LogP contribution is -2.28. The molecule has 80 valence electrons. The highest BCUT2D eigenvalue weighted by atomic mass is 16.5. The van der Waals surface area contributed by atoms with E-state index in [1.165, 1.54) is 6.20 Å². The van der Waals surface area contributed by atoms with Gasteiger partial charge in [0.15, 0.2) is 0 Å². The van der Waals surface area contributed by atoms with Gasteiger partial charge in [0.05, 0.1) is 5.56 Å². The molecule has 0 aromatic carbocycles. The van der Waals surface area contributed by atoms with E-state index in [0.29, 0.717) is 18.2 Å². The Labute approximate surface area is 88.7 Å². The Morgan fingerprint density at radius 2 is 2.60 bits per heavy atom. The number of nitrogens with zero attached hydrogens (tertiary/aromatic N) is 1. The van der Waals surface area contributed by atoms with Crippen molar-refractivity contribution < 1.29 is 9.53 Å². The Hall–Kier alpha value is -1.42. The summed E-state index contributed by atoms with van der Waals surface area (Å²) in [6, 6.07) is 3.76. The second kappa shape index (κ2) is 4.89. The Kier molecular flexibility index (Phi) is 3.29. The number of hydrogen-bond acceptors (Lipinski definition) is 4. The first kappa shape index (κ1) is 10.1. The second-order valence-electron chi connectivity index (χ2n) is 3.63. The van der Waals surface area contributed by atoms with Crippen LogP contribution in [0.15, 0.2) is 24.5 Å². The number of carbonyl (C=O) groups is 1. The number of hydrogen-bond donors (Lipinski definition) is 1. The van der Waals surface area contributed by atoms with Crippen molar-refractivity contribution in [3.63, 3.8) is 0 Å². The fourth-order valence-electron chi connectivity index (χ4n) is 1.64. The number of esters is 1. The van der Waals surface area contributed by atoms with Crippen LogP contribution in [0.1, 0.15) is 23.2 Å². The van der Waals surface area contributed by atoms with E-state index in [0.717, 1.165) is 19.4 Å². The van der Waals surface area contributed by atoms with E-state index in [2.05, 4.69) is 10.3 Å². The minimum absolute atomic E-state index is 0.295. The summed E-state index contributed by atoms with van der Waals surface area (Å²) in [5.41, 5.74) is 0.510. The summed E-state index contributed by atoms with van der Waals surface area (Å²) in [5, 5.41) is 3.27. The lowest BCUT2D eigenvalue weighted by molar-refractivity contribution is 0.0473. The van der Waals surface area contributed by atoms with Gasteiger partial charge >= 0.3 is 5.97 Å². The van der Waals surface area contributed by atoms with Crippen molar-refractivity contribution in [2.24, 2.45) is 0 Å². The molecule has 4 heteroatoms. The predicted molar refractivity (Wildman–Crippen MR) is 55.5 cm³/mol. The van der Waals surface area contributed by atoms with E-state index >= 15 is 0 Å². The lowest BCUT2D eigenvalue weighted by Gasteiger charge is -2.10. The largest absolute Gasteiger partial charge is 0.460 e. The van der Waals surface area contributed by atoms with Crippen LogP contribution in [-0.4, -0.2) is 30.1 Å². The summed E-state index contributed by atoms with van der Waals surface area (Å²) in [4.78, 5) is 15.4. The van der Waals surface area contributed by atoms with E-state index in [4.69, 9.17) is 4.74 Å². The fourth-order valence-corrected chi connectivity index (χ4v) is 1.64. The van der Waals surface area contributed by atoms with Gasteiger partial charge in [-0.15, -0.1) is 0 Å². The van der Waals surface area contributed by atoms with Crippen molar-refractivity contribution in [2.45, 2.75) is 18.9 Å². The molecule has 0 bridgehead atoms. The number of rotatable bonds is 3. The molecule has 15 heavy (non-hydrogen) atoms. The molecule has 1 aromatic heterocycles. The minimum Gasteiger partial charge on any atom is -0.460 e. The van der Waals surface area contributed by atoms with Gasteiger partial charge in [-0.1, -0.05) is 0 Å². The molecule has 0 radical (unpaired) electrons. The van der Waals surface area contributed by atoms with Gasteiger partial charge in [0.2, 0.25) is 0 Å². The number of carbonyl (C=O) groups excluding carboxylic acids is 1. The Morgan fingerprint density at radius 1 is 1.67 bits per heavy atom. The van der Waals surface area contributed by atoms with Crippen molar-refractivity contribution in [1.82, 2.24) is 10.3 Å². The van der Waals surface area contributed by atoms with Crippen molar-refractivity contribution in [2.75, 3.05) is 13.2 Å². The molecule has 1 aromatic rings. The molecule has 0 spiro atoms. The van der Waals surface area contributed by atoms with Crippen LogP contribution >= 0.6 is 0 Å². The van der Waals surface area contributed by atoms with Crippen molar-refractivity contribution in [3.8, 4) is 0 Å². The summed E-state index contributed by atoms with van der Waals surface area (Å²) in [6.07, 6.45) is 5.40. The zero-order chi connectivity index (χ0) is 10.5. The van der Waals surface area contributed by atoms with Crippen molar-refractivity contribution in [1.29, 1.82) is 0 Å². The van der Waals surface area contributed by atoms with E-state index in [-0.39, 0.29) is 5.97 Å². The van der Waals surface area contributed by atoms with Crippen LogP contribution < -0.4 is 5.32 Å². The third-order valence-electron chi connectivity index (χ3n) is 2.48. The normalized spacial score (nSPS) is 20.1. The van der Waals surface area contributed by atoms with Crippen LogP contribution in [0.5, 0.6) is 0 Å². The van der Waals surface area contributed by atoms with Gasteiger partial charge in [0, 0.05) is 18.4 Å². The quantitative estimate of drug-likeness (QED) is 0.749. The summed E-state index contributed by atoms with van der Waals surface area (Å²) >= 11 is 0. The van der Waals surface area contributed by atoms with Gasteiger partial charge in [0.1, 0.15) is 6.61 Å². The van der Waals surface area contributed by atoms with Crippen LogP contribution in [0.4, 0.5) is 0 Å². The first-order valence-corrected chi connectivity index (χ1v) is 5.17. The van der Waals surface area contributed by atoms with Gasteiger partial charge < -0.3 is 10.1 Å². The molecule has 1 atom stereocenters. The average Bonchev–Trinajstić information content (AvgIpc) is 2.80. The third kappa shape index (κ3) is 2.76. The summed E-state index contributed by atoms with van der Waals surface area (Å²) in [5.74, 6) is -0.295. The summed E-state index contributed by atoms with van der Waals surface area (Å²) in [6.45, 7) is 1.48. The Morgan fingerprint density at radius 3 is 3.27 bits per heavy atom. The molecule has 0 amide bonds. The number of aromatic nitrogens is 1. The van der Waals surface area contributed by atoms with Crippen LogP contribution in [-0.2, 0) is 4.74 Å². The van der Waals surface area contributed by atoms with Crippen molar-refractivity contribution >= 4 is 5.97 Å². The smallest absolute Gasteiger partial charge is 0.339 e. The van der Waals surface area contributed by atoms with E-state index in [1.54, 1.807) is 18.3 Å². The maximum absolute atomic E-state index is 11.5. The minimum atomic E-state index is -0.295. The molecule has 1 aliphatic heterocycles. The third-order valence-corrected chi connectivity index (χ3v) is 2.48. The van der Waals surface area contributed by atoms with Gasteiger partial charge in [-0.25, -0.2) is 4.79 Å². The second-order valence-corrected chi connectivity index (χ2v) is 3.63. The van der Waals surface area contributed by atoms with Gasteiger partial charge in [0.25, 0.3) is 0 Å². The monoisotopic (exact) mass is 206 g/mol. The maximum Gasteiger partial charge on any atom is 0.339 e. The number of pyridine rings is 1. The molecule has 4 nitrogen and oxygen atoms in total. The highest BCUT2D eigenvalue weighted by Gasteiger charge is 2.16. The first-order chi connectivity index (χ1) is 7.36. The molecule has 1 N–H and O–H groups in total. The van der Waals surface area contributed by atoms with Crippen LogP contribution in [0.3, 0.4) is 0 Å². The van der Waals surface area contributed by atoms with Gasteiger partial charge in [-0.05, 0) is 31.5 Å². The molecule has 1 aliphatic rings. The molecular weight excluding hydrogens is 192 g/mol. The highest BCUT2D eigenvalue weighted by Crippen LogP contribution is 2.06. The Bertz CT molecular complexity index is 321. The van der Waals surface area contributed by atoms with Gasteiger partial charge in [-0.3, -0.25) is 4.98 Å². The summed E-state index contributed by atoms with van der Waals surface area (Å²) < 4.78 is 5.17. The number of nitrogens with one attached hydrogen (secondary N) is 1. The van der Waals surface area contributed by atoms with Crippen LogP contribution in [0.25, 0.3) is 0 Å².